The van der Waals surface area contributed by atoms with Crippen molar-refractivity contribution in [3.8, 4) is 0 Å². The van der Waals surface area contributed by atoms with Crippen LogP contribution in [0.3, 0.4) is 0 Å². The summed E-state index contributed by atoms with van der Waals surface area (Å²) in [7, 11) is -3.56. The van der Waals surface area contributed by atoms with Crippen LogP contribution in [0, 0.1) is 13.8 Å². The molecular weight excluding hydrogens is 521 g/mol. The number of hydrogen-bond donors (Lipinski definition) is 1. The van der Waals surface area contributed by atoms with Gasteiger partial charge >= 0.3 is 0 Å². The van der Waals surface area contributed by atoms with E-state index in [2.05, 4.69) is 5.32 Å². The number of anilines is 1. The molecule has 2 aromatic rings. The third kappa shape index (κ3) is 8.11. The molecule has 10 heteroatoms. The van der Waals surface area contributed by atoms with Crippen LogP contribution in [0.25, 0.3) is 0 Å². The average molecular weight is 557 g/mol. The maximum Gasteiger partial charge on any atom is 0.242 e. The van der Waals surface area contributed by atoms with E-state index in [9.17, 15) is 18.0 Å². The predicted molar refractivity (Wildman–Crippen MR) is 147 cm³/mol. The Morgan fingerprint density at radius 2 is 1.72 bits per heavy atom. The summed E-state index contributed by atoms with van der Waals surface area (Å²) in [6.45, 7) is 9.41. The number of carbonyl (C=O) groups excluding carboxylic acids is 2. The van der Waals surface area contributed by atoms with Crippen molar-refractivity contribution in [2.45, 2.75) is 66.1 Å². The van der Waals surface area contributed by atoms with Crippen molar-refractivity contribution in [2.24, 2.45) is 0 Å². The van der Waals surface area contributed by atoms with Crippen LogP contribution in [0.4, 0.5) is 5.69 Å². The number of benzene rings is 2. The van der Waals surface area contributed by atoms with E-state index in [0.717, 1.165) is 17.4 Å². The second kappa shape index (κ2) is 12.8. The molecule has 0 saturated carbocycles. The van der Waals surface area contributed by atoms with Crippen LogP contribution in [-0.2, 0) is 26.2 Å². The molecule has 0 aliphatic rings. The monoisotopic (exact) mass is 555 g/mol. The number of rotatable bonds is 11. The van der Waals surface area contributed by atoms with Gasteiger partial charge in [-0.2, -0.15) is 0 Å². The number of sulfonamides is 1. The molecule has 198 valence electrons. The van der Waals surface area contributed by atoms with Gasteiger partial charge in [0, 0.05) is 35.6 Å². The molecule has 2 aromatic carbocycles. The smallest absolute Gasteiger partial charge is 0.242 e. The Morgan fingerprint density at radius 1 is 1.06 bits per heavy atom. The fraction of sp³-hybridized carbons (Fsp3) is 0.462. The Morgan fingerprint density at radius 3 is 2.31 bits per heavy atom. The van der Waals surface area contributed by atoms with Crippen molar-refractivity contribution in [3.63, 3.8) is 0 Å². The summed E-state index contributed by atoms with van der Waals surface area (Å²) in [5.74, 6) is -0.557. The van der Waals surface area contributed by atoms with Crippen LogP contribution >= 0.6 is 23.2 Å². The largest absolute Gasteiger partial charge is 0.352 e. The van der Waals surface area contributed by atoms with Crippen molar-refractivity contribution >= 4 is 50.7 Å². The van der Waals surface area contributed by atoms with Crippen LogP contribution in [0.15, 0.2) is 36.4 Å². The molecule has 7 nitrogen and oxygen atoms in total. The zero-order chi connectivity index (χ0) is 27.2. The van der Waals surface area contributed by atoms with E-state index in [4.69, 9.17) is 23.2 Å². The van der Waals surface area contributed by atoms with Crippen molar-refractivity contribution < 1.29 is 18.0 Å². The topological polar surface area (TPSA) is 86.8 Å². The summed E-state index contributed by atoms with van der Waals surface area (Å²) in [5.41, 5.74) is 3.10. The SMILES string of the molecule is Cc1cccc(N(CCCC(=O)N(Cc2ccc(Cl)cc2Cl)[C@@H](C)C(=O)NC(C)C)S(C)(=O)=O)c1C. The van der Waals surface area contributed by atoms with Crippen LogP contribution < -0.4 is 9.62 Å². The second-order valence-corrected chi connectivity index (χ2v) is 12.0. The zero-order valence-electron chi connectivity index (χ0n) is 21.6. The molecule has 0 radical (unpaired) electrons. The first-order valence-corrected chi connectivity index (χ1v) is 14.4. The Kier molecular flexibility index (Phi) is 10.6. The second-order valence-electron chi connectivity index (χ2n) is 9.25. The van der Waals surface area contributed by atoms with Crippen molar-refractivity contribution in [1.82, 2.24) is 10.2 Å². The summed E-state index contributed by atoms with van der Waals surface area (Å²) < 4.78 is 26.5. The van der Waals surface area contributed by atoms with Crippen molar-refractivity contribution in [3.05, 3.63) is 63.1 Å². The predicted octanol–water partition coefficient (Wildman–Crippen LogP) is 5.10. The molecule has 2 amide bonds. The highest BCUT2D eigenvalue weighted by atomic mass is 35.5. The van der Waals surface area contributed by atoms with E-state index >= 15 is 0 Å². The molecule has 0 heterocycles. The van der Waals surface area contributed by atoms with Gasteiger partial charge in [0.15, 0.2) is 0 Å². The normalized spacial score (nSPS) is 12.4. The highest BCUT2D eigenvalue weighted by Gasteiger charge is 2.27. The number of hydrogen-bond acceptors (Lipinski definition) is 4. The van der Waals surface area contributed by atoms with Gasteiger partial charge in [0.1, 0.15) is 6.04 Å². The molecule has 0 spiro atoms. The van der Waals surface area contributed by atoms with Crippen LogP contribution in [0.1, 0.15) is 50.3 Å². The quantitative estimate of drug-likeness (QED) is 0.418. The van der Waals surface area contributed by atoms with Gasteiger partial charge < -0.3 is 10.2 Å². The first-order chi connectivity index (χ1) is 16.7. The molecule has 0 bridgehead atoms. The number of carbonyl (C=O) groups is 2. The highest BCUT2D eigenvalue weighted by molar-refractivity contribution is 7.92. The number of amides is 2. The Balaban J connectivity index is 2.24. The fourth-order valence-electron chi connectivity index (χ4n) is 3.81. The summed E-state index contributed by atoms with van der Waals surface area (Å²) >= 11 is 12.4. The number of nitrogens with one attached hydrogen (secondary N) is 1. The Hall–Kier alpha value is -2.29. The molecule has 0 aliphatic heterocycles. The summed E-state index contributed by atoms with van der Waals surface area (Å²) in [5, 5.41) is 3.71. The molecule has 2 rings (SSSR count). The molecule has 0 aliphatic carbocycles. The molecule has 1 atom stereocenters. The summed E-state index contributed by atoms with van der Waals surface area (Å²) in [6, 6.07) is 9.66. The van der Waals surface area contributed by atoms with Crippen molar-refractivity contribution in [1.29, 1.82) is 0 Å². The van der Waals surface area contributed by atoms with E-state index in [-0.39, 0.29) is 43.8 Å². The van der Waals surface area contributed by atoms with Gasteiger partial charge in [0.05, 0.1) is 11.9 Å². The van der Waals surface area contributed by atoms with E-state index in [1.54, 1.807) is 31.2 Å². The molecule has 0 aromatic heterocycles. The van der Waals surface area contributed by atoms with Gasteiger partial charge in [-0.1, -0.05) is 41.4 Å². The minimum absolute atomic E-state index is 0.0569. The molecular formula is C26H35Cl2N3O4S. The van der Waals surface area contributed by atoms with E-state index in [1.165, 1.54) is 9.21 Å². The molecule has 0 unspecified atom stereocenters. The van der Waals surface area contributed by atoms with Gasteiger partial charge in [-0.25, -0.2) is 8.42 Å². The lowest BCUT2D eigenvalue weighted by Crippen LogP contribution is -2.49. The van der Waals surface area contributed by atoms with Crippen LogP contribution in [0.5, 0.6) is 0 Å². The molecule has 36 heavy (non-hydrogen) atoms. The fourth-order valence-corrected chi connectivity index (χ4v) is 5.29. The number of halogens is 2. The summed E-state index contributed by atoms with van der Waals surface area (Å²) in [6.07, 6.45) is 1.49. The summed E-state index contributed by atoms with van der Waals surface area (Å²) in [4.78, 5) is 27.6. The number of aryl methyl sites for hydroxylation is 1. The van der Waals surface area contributed by atoms with E-state index in [1.807, 2.05) is 39.8 Å². The van der Waals surface area contributed by atoms with Gasteiger partial charge in [0.25, 0.3) is 0 Å². The third-order valence-electron chi connectivity index (χ3n) is 5.95. The first-order valence-electron chi connectivity index (χ1n) is 11.8. The Labute approximate surface area is 224 Å². The number of nitrogens with zero attached hydrogens (tertiary/aromatic N) is 2. The lowest BCUT2D eigenvalue weighted by Gasteiger charge is -2.30. The minimum Gasteiger partial charge on any atom is -0.352 e. The average Bonchev–Trinajstić information content (AvgIpc) is 2.76. The van der Waals surface area contributed by atoms with Crippen LogP contribution in [-0.4, -0.2) is 50.0 Å². The third-order valence-corrected chi connectivity index (χ3v) is 7.72. The van der Waals surface area contributed by atoms with E-state index < -0.39 is 16.1 Å². The lowest BCUT2D eigenvalue weighted by molar-refractivity contribution is -0.140. The molecule has 0 saturated heterocycles. The minimum atomic E-state index is -3.56. The maximum absolute atomic E-state index is 13.4. The van der Waals surface area contributed by atoms with Gasteiger partial charge in [-0.05, 0) is 75.9 Å². The van der Waals surface area contributed by atoms with Crippen LogP contribution in [0.2, 0.25) is 10.0 Å². The molecule has 1 N–H and O–H groups in total. The standard InChI is InChI=1S/C26H35Cl2N3O4S/c1-17(2)29-26(33)20(5)30(16-21-12-13-22(27)15-23(21)28)25(32)11-8-14-31(36(6,34)35)24-10-7-9-18(3)19(24)4/h7,9-10,12-13,15,17,20H,8,11,14,16H2,1-6H3,(H,29,33)/t20-/m0/s1. The van der Waals surface area contributed by atoms with E-state index in [0.29, 0.717) is 21.3 Å². The van der Waals surface area contributed by atoms with Gasteiger partial charge in [0.2, 0.25) is 21.8 Å². The van der Waals surface area contributed by atoms with Gasteiger partial charge in [-0.15, -0.1) is 0 Å². The Bertz CT molecular complexity index is 1200. The van der Waals surface area contributed by atoms with Crippen molar-refractivity contribution in [2.75, 3.05) is 17.1 Å². The maximum atomic E-state index is 13.4. The van der Waals surface area contributed by atoms with Gasteiger partial charge in [-0.3, -0.25) is 13.9 Å². The zero-order valence-corrected chi connectivity index (χ0v) is 24.0. The molecule has 0 fully saturated rings. The highest BCUT2D eigenvalue weighted by Crippen LogP contribution is 2.26. The first kappa shape index (κ1) is 29.9. The lowest BCUT2D eigenvalue weighted by atomic mass is 10.1.